The number of aliphatic imine (C=N–C) groups is 1. The Morgan fingerprint density at radius 1 is 1.00 bits per heavy atom. The van der Waals surface area contributed by atoms with Gasteiger partial charge in [-0.1, -0.05) is 46.6 Å². The largest absolute Gasteiger partial charge is 0.326 e. The van der Waals surface area contributed by atoms with Crippen LogP contribution in [-0.2, 0) is 0 Å². The van der Waals surface area contributed by atoms with Crippen LogP contribution in [0, 0.1) is 6.92 Å². The Morgan fingerprint density at radius 2 is 1.72 bits per heavy atom. The van der Waals surface area contributed by atoms with E-state index in [1.807, 2.05) is 55.5 Å². The fourth-order valence-electron chi connectivity index (χ4n) is 2.69. The van der Waals surface area contributed by atoms with Crippen molar-refractivity contribution >= 4 is 46.0 Å². The molecule has 0 atom stereocenters. The number of aromatic nitrogens is 3. The van der Waals surface area contributed by atoms with Crippen LogP contribution in [0.15, 0.2) is 77.8 Å². The van der Waals surface area contributed by atoms with E-state index in [0.29, 0.717) is 21.9 Å². The van der Waals surface area contributed by atoms with Crippen molar-refractivity contribution in [2.75, 3.05) is 5.32 Å². The van der Waals surface area contributed by atoms with Crippen LogP contribution in [0.5, 0.6) is 0 Å². The normalized spacial score (nSPS) is 11.4. The predicted octanol–water partition coefficient (Wildman–Crippen LogP) is 4.75. The molecule has 7 nitrogen and oxygen atoms in total. The molecule has 1 heterocycles. The molecule has 144 valence electrons. The summed E-state index contributed by atoms with van der Waals surface area (Å²) in [5.41, 5.74) is 3.82. The molecule has 3 aromatic carbocycles. The van der Waals surface area contributed by atoms with Crippen LogP contribution in [-0.4, -0.2) is 27.0 Å². The zero-order valence-electron chi connectivity index (χ0n) is 15.5. The van der Waals surface area contributed by atoms with Crippen molar-refractivity contribution in [2.24, 2.45) is 4.99 Å². The summed E-state index contributed by atoms with van der Waals surface area (Å²) in [6.07, 6.45) is 0. The van der Waals surface area contributed by atoms with Gasteiger partial charge in [0.25, 0.3) is 0 Å². The maximum absolute atomic E-state index is 12.6. The molecule has 0 bridgehead atoms. The van der Waals surface area contributed by atoms with Crippen LogP contribution in [0.2, 0.25) is 5.02 Å². The molecule has 1 aromatic heterocycles. The zero-order valence-corrected chi connectivity index (χ0v) is 16.3. The summed E-state index contributed by atoms with van der Waals surface area (Å²) < 4.78 is 1.50. The molecule has 0 radical (unpaired) electrons. The number of benzene rings is 3. The molecule has 2 amide bonds. The summed E-state index contributed by atoms with van der Waals surface area (Å²) in [6.45, 7) is 2.00. The van der Waals surface area contributed by atoms with E-state index >= 15 is 0 Å². The summed E-state index contributed by atoms with van der Waals surface area (Å²) in [7, 11) is 0. The third-order valence-electron chi connectivity index (χ3n) is 4.15. The van der Waals surface area contributed by atoms with Gasteiger partial charge in [-0.3, -0.25) is 5.32 Å². The standard InChI is InChI=1S/C21H17ClN6O/c1-14-6-10-16(11-7-14)23-20(28-19-5-3-2-4-18(19)26-27-28)25-21(29)24-17-12-8-15(22)9-13-17/h2-13H,1H3,(H2,23,24,25,29). The minimum atomic E-state index is -0.460. The van der Waals surface area contributed by atoms with E-state index in [9.17, 15) is 4.79 Å². The number of carbonyl (C=O) groups excluding carboxylic acids is 1. The SMILES string of the molecule is Cc1ccc(N=C(NC(=O)Nc2ccc(Cl)cc2)n2nnc3ccccc32)cc1. The molecule has 2 N–H and O–H groups in total. The van der Waals surface area contributed by atoms with Crippen LogP contribution >= 0.6 is 11.6 Å². The Bertz CT molecular complexity index is 1180. The maximum atomic E-state index is 12.6. The summed E-state index contributed by atoms with van der Waals surface area (Å²) in [4.78, 5) is 17.2. The number of rotatable bonds is 2. The second-order valence-electron chi connectivity index (χ2n) is 6.35. The van der Waals surface area contributed by atoms with Gasteiger partial charge >= 0.3 is 6.03 Å². The second kappa shape index (κ2) is 8.12. The number of fused-ring (bicyclic) bond motifs is 1. The highest BCUT2D eigenvalue weighted by atomic mass is 35.5. The van der Waals surface area contributed by atoms with Gasteiger partial charge in [-0.15, -0.1) is 5.10 Å². The molecule has 0 spiro atoms. The average molecular weight is 405 g/mol. The smallest absolute Gasteiger partial charge is 0.308 e. The van der Waals surface area contributed by atoms with E-state index in [-0.39, 0.29) is 5.96 Å². The lowest BCUT2D eigenvalue weighted by atomic mass is 10.2. The van der Waals surface area contributed by atoms with Gasteiger partial charge in [0.1, 0.15) is 5.52 Å². The Hall–Kier alpha value is -3.71. The highest BCUT2D eigenvalue weighted by molar-refractivity contribution is 6.30. The van der Waals surface area contributed by atoms with Crippen LogP contribution < -0.4 is 10.6 Å². The third-order valence-corrected chi connectivity index (χ3v) is 4.40. The number of hydrogen-bond donors (Lipinski definition) is 2. The fraction of sp³-hybridized carbons (Fsp3) is 0.0476. The summed E-state index contributed by atoms with van der Waals surface area (Å²) >= 11 is 5.89. The summed E-state index contributed by atoms with van der Waals surface area (Å²) in [5, 5.41) is 14.4. The third kappa shape index (κ3) is 4.41. The number of halogens is 1. The molecule has 0 saturated heterocycles. The molecule has 0 aliphatic heterocycles. The van der Waals surface area contributed by atoms with E-state index < -0.39 is 6.03 Å². The van der Waals surface area contributed by atoms with Gasteiger partial charge in [0, 0.05) is 10.7 Å². The zero-order chi connectivity index (χ0) is 20.2. The first-order valence-corrected chi connectivity index (χ1v) is 9.26. The second-order valence-corrected chi connectivity index (χ2v) is 6.78. The topological polar surface area (TPSA) is 84.2 Å². The quantitative estimate of drug-likeness (QED) is 0.373. The summed E-state index contributed by atoms with van der Waals surface area (Å²) in [6, 6.07) is 21.4. The first-order valence-electron chi connectivity index (χ1n) is 8.88. The molecule has 0 aliphatic carbocycles. The highest BCUT2D eigenvalue weighted by Gasteiger charge is 2.14. The van der Waals surface area contributed by atoms with Crippen molar-refractivity contribution < 1.29 is 4.79 Å². The van der Waals surface area contributed by atoms with Crippen molar-refractivity contribution in [2.45, 2.75) is 6.92 Å². The summed E-state index contributed by atoms with van der Waals surface area (Å²) in [5.74, 6) is 0.231. The molecule has 0 saturated carbocycles. The molecule has 4 rings (SSSR count). The molecule has 8 heteroatoms. The number of nitrogens with zero attached hydrogens (tertiary/aromatic N) is 4. The van der Waals surface area contributed by atoms with Gasteiger partial charge in [-0.2, -0.15) is 4.68 Å². The van der Waals surface area contributed by atoms with Crippen molar-refractivity contribution in [3.8, 4) is 0 Å². The van der Waals surface area contributed by atoms with E-state index in [1.54, 1.807) is 24.3 Å². The fourth-order valence-corrected chi connectivity index (χ4v) is 2.82. The first-order chi connectivity index (χ1) is 14.1. The number of anilines is 1. The number of urea groups is 1. The minimum Gasteiger partial charge on any atom is -0.308 e. The predicted molar refractivity (Wildman–Crippen MR) is 115 cm³/mol. The average Bonchev–Trinajstić information content (AvgIpc) is 3.15. The van der Waals surface area contributed by atoms with Gasteiger partial charge < -0.3 is 5.32 Å². The van der Waals surface area contributed by atoms with Crippen molar-refractivity contribution in [3.63, 3.8) is 0 Å². The first kappa shape index (κ1) is 18.6. The van der Waals surface area contributed by atoms with Crippen LogP contribution in [0.4, 0.5) is 16.2 Å². The highest BCUT2D eigenvalue weighted by Crippen LogP contribution is 2.16. The Kier molecular flexibility index (Phi) is 5.22. The van der Waals surface area contributed by atoms with Gasteiger partial charge in [0.05, 0.1) is 11.2 Å². The molecule has 0 aliphatic rings. The Balaban J connectivity index is 1.67. The number of para-hydroxylation sites is 1. The van der Waals surface area contributed by atoms with E-state index in [4.69, 9.17) is 11.6 Å². The molecular weight excluding hydrogens is 388 g/mol. The minimum absolute atomic E-state index is 0.231. The van der Waals surface area contributed by atoms with Crippen molar-refractivity contribution in [1.82, 2.24) is 20.3 Å². The lowest BCUT2D eigenvalue weighted by molar-refractivity contribution is 0.256. The number of carbonyl (C=O) groups is 1. The van der Waals surface area contributed by atoms with Gasteiger partial charge in [-0.25, -0.2) is 9.79 Å². The van der Waals surface area contributed by atoms with Gasteiger partial charge in [0.2, 0.25) is 5.96 Å². The van der Waals surface area contributed by atoms with Crippen molar-refractivity contribution in [1.29, 1.82) is 0 Å². The molecule has 0 fully saturated rings. The number of nitrogens with one attached hydrogen (secondary N) is 2. The Morgan fingerprint density at radius 3 is 2.48 bits per heavy atom. The molecule has 29 heavy (non-hydrogen) atoms. The number of amides is 2. The van der Waals surface area contributed by atoms with Gasteiger partial charge in [0.15, 0.2) is 0 Å². The van der Waals surface area contributed by atoms with E-state index in [2.05, 4.69) is 25.9 Å². The molecule has 0 unspecified atom stereocenters. The Labute approximate surface area is 172 Å². The lowest BCUT2D eigenvalue weighted by Crippen LogP contribution is -2.39. The van der Waals surface area contributed by atoms with Crippen LogP contribution in [0.25, 0.3) is 11.0 Å². The van der Waals surface area contributed by atoms with E-state index in [1.165, 1.54) is 4.68 Å². The maximum Gasteiger partial charge on any atom is 0.326 e. The monoisotopic (exact) mass is 404 g/mol. The van der Waals surface area contributed by atoms with E-state index in [0.717, 1.165) is 11.1 Å². The molecular formula is C21H17ClN6O. The number of hydrogen-bond acceptors (Lipinski definition) is 4. The number of aryl methyl sites for hydroxylation is 1. The lowest BCUT2D eigenvalue weighted by Gasteiger charge is -2.11. The van der Waals surface area contributed by atoms with Gasteiger partial charge in [-0.05, 0) is 55.5 Å². The molecule has 4 aromatic rings. The van der Waals surface area contributed by atoms with Crippen molar-refractivity contribution in [3.05, 3.63) is 83.4 Å². The van der Waals surface area contributed by atoms with Crippen LogP contribution in [0.3, 0.4) is 0 Å². The van der Waals surface area contributed by atoms with Crippen LogP contribution in [0.1, 0.15) is 5.56 Å².